The molecule has 1 saturated heterocycles. The van der Waals surface area contributed by atoms with E-state index in [1.54, 1.807) is 6.26 Å². The number of rotatable bonds is 5. The van der Waals surface area contributed by atoms with E-state index in [-0.39, 0.29) is 11.9 Å². The van der Waals surface area contributed by atoms with Crippen molar-refractivity contribution in [1.29, 1.82) is 0 Å². The number of hydrogen-bond donors (Lipinski definition) is 1. The van der Waals surface area contributed by atoms with E-state index in [2.05, 4.69) is 22.1 Å². The van der Waals surface area contributed by atoms with Crippen LogP contribution in [-0.2, 0) is 0 Å². The highest BCUT2D eigenvalue weighted by atomic mass is 32.1. The molecule has 3 rings (SSSR count). The number of likely N-dealkylation sites (tertiary alicyclic amines) is 1. The molecular weight excluding hydrogens is 310 g/mol. The summed E-state index contributed by atoms with van der Waals surface area (Å²) in [7, 11) is 0. The third-order valence-corrected chi connectivity index (χ3v) is 5.19. The predicted octanol–water partition coefficient (Wildman–Crippen LogP) is 3.32. The van der Waals surface area contributed by atoms with Gasteiger partial charge in [-0.25, -0.2) is 4.98 Å². The minimum atomic E-state index is -0.0644. The Bertz CT molecular complexity index is 643. The standard InChI is InChI=1S/C17H23N3O2S/c1-3-8-20-9-6-13(7-10-20)18-16(21)15-12(2)23-17(19-15)14-5-4-11-22-14/h4-5,11,13H,3,6-10H2,1-2H3,(H,18,21). The molecule has 124 valence electrons. The topological polar surface area (TPSA) is 58.4 Å². The van der Waals surface area contributed by atoms with E-state index in [0.29, 0.717) is 11.5 Å². The fourth-order valence-corrected chi connectivity index (χ4v) is 3.86. The highest BCUT2D eigenvalue weighted by Crippen LogP contribution is 2.28. The van der Waals surface area contributed by atoms with E-state index in [1.807, 2.05) is 19.1 Å². The van der Waals surface area contributed by atoms with Gasteiger partial charge in [0.25, 0.3) is 5.91 Å². The molecule has 1 aliphatic rings. The highest BCUT2D eigenvalue weighted by molar-refractivity contribution is 7.15. The molecule has 3 heterocycles. The molecule has 0 aliphatic carbocycles. The van der Waals surface area contributed by atoms with Crippen LogP contribution >= 0.6 is 11.3 Å². The van der Waals surface area contributed by atoms with Crippen LogP contribution in [0.15, 0.2) is 22.8 Å². The van der Waals surface area contributed by atoms with Gasteiger partial charge in [-0.1, -0.05) is 6.92 Å². The van der Waals surface area contributed by atoms with Crippen molar-refractivity contribution < 1.29 is 9.21 Å². The molecule has 0 atom stereocenters. The maximum absolute atomic E-state index is 12.5. The number of aromatic nitrogens is 1. The maximum atomic E-state index is 12.5. The Morgan fingerprint density at radius 1 is 1.48 bits per heavy atom. The Labute approximate surface area is 140 Å². The summed E-state index contributed by atoms with van der Waals surface area (Å²) in [5.41, 5.74) is 0.525. The average Bonchev–Trinajstić information content (AvgIpc) is 3.18. The van der Waals surface area contributed by atoms with Crippen LogP contribution in [0.25, 0.3) is 10.8 Å². The fourth-order valence-electron chi connectivity index (χ4n) is 2.98. The smallest absolute Gasteiger partial charge is 0.271 e. The van der Waals surface area contributed by atoms with Gasteiger partial charge in [-0.05, 0) is 44.9 Å². The molecule has 0 radical (unpaired) electrons. The molecule has 2 aromatic heterocycles. The number of thiazole rings is 1. The molecule has 2 aromatic rings. The number of hydrogen-bond acceptors (Lipinski definition) is 5. The summed E-state index contributed by atoms with van der Waals surface area (Å²) in [6.07, 6.45) is 4.83. The van der Waals surface area contributed by atoms with Gasteiger partial charge < -0.3 is 14.6 Å². The number of piperidine rings is 1. The Hall–Kier alpha value is -1.66. The number of carbonyl (C=O) groups excluding carboxylic acids is 1. The van der Waals surface area contributed by atoms with E-state index < -0.39 is 0 Å². The maximum Gasteiger partial charge on any atom is 0.271 e. The zero-order valence-corrected chi connectivity index (χ0v) is 14.5. The summed E-state index contributed by atoms with van der Waals surface area (Å²) in [5, 5.41) is 3.90. The molecule has 1 fully saturated rings. The number of amides is 1. The number of nitrogens with one attached hydrogen (secondary N) is 1. The number of nitrogens with zero attached hydrogens (tertiary/aromatic N) is 2. The lowest BCUT2D eigenvalue weighted by Gasteiger charge is -2.31. The first kappa shape index (κ1) is 16.2. The first-order valence-corrected chi connectivity index (χ1v) is 9.03. The molecular formula is C17H23N3O2S. The van der Waals surface area contributed by atoms with Crippen LogP contribution < -0.4 is 5.32 Å². The number of aryl methyl sites for hydroxylation is 1. The second-order valence-electron chi connectivity index (χ2n) is 5.99. The molecule has 0 unspecified atom stereocenters. The number of furan rings is 1. The van der Waals surface area contributed by atoms with Gasteiger partial charge in [-0.15, -0.1) is 11.3 Å². The second-order valence-corrected chi connectivity index (χ2v) is 7.19. The van der Waals surface area contributed by atoms with E-state index in [4.69, 9.17) is 4.42 Å². The van der Waals surface area contributed by atoms with Crippen molar-refractivity contribution in [1.82, 2.24) is 15.2 Å². The molecule has 5 nitrogen and oxygen atoms in total. The minimum Gasteiger partial charge on any atom is -0.462 e. The summed E-state index contributed by atoms with van der Waals surface area (Å²) in [4.78, 5) is 20.4. The van der Waals surface area contributed by atoms with E-state index >= 15 is 0 Å². The zero-order valence-electron chi connectivity index (χ0n) is 13.7. The quantitative estimate of drug-likeness (QED) is 0.912. The third-order valence-electron chi connectivity index (χ3n) is 4.21. The lowest BCUT2D eigenvalue weighted by molar-refractivity contribution is 0.0906. The van der Waals surface area contributed by atoms with Gasteiger partial charge >= 0.3 is 0 Å². The Morgan fingerprint density at radius 3 is 2.91 bits per heavy atom. The minimum absolute atomic E-state index is 0.0644. The summed E-state index contributed by atoms with van der Waals surface area (Å²) in [6.45, 7) is 7.41. The molecule has 23 heavy (non-hydrogen) atoms. The Balaban J connectivity index is 1.61. The molecule has 0 spiro atoms. The van der Waals surface area contributed by atoms with Crippen LogP contribution in [0.5, 0.6) is 0 Å². The largest absolute Gasteiger partial charge is 0.462 e. The second kappa shape index (κ2) is 7.27. The summed E-state index contributed by atoms with van der Waals surface area (Å²) < 4.78 is 5.36. The molecule has 1 amide bonds. The fraction of sp³-hybridized carbons (Fsp3) is 0.529. The third kappa shape index (κ3) is 3.82. The van der Waals surface area contributed by atoms with Crippen molar-refractivity contribution in [2.24, 2.45) is 0 Å². The van der Waals surface area contributed by atoms with Crippen LogP contribution in [0.4, 0.5) is 0 Å². The van der Waals surface area contributed by atoms with E-state index in [0.717, 1.165) is 42.4 Å². The summed E-state index contributed by atoms with van der Waals surface area (Å²) >= 11 is 1.50. The van der Waals surface area contributed by atoms with Crippen molar-refractivity contribution in [2.75, 3.05) is 19.6 Å². The molecule has 0 bridgehead atoms. The van der Waals surface area contributed by atoms with Gasteiger partial charge in [0.2, 0.25) is 0 Å². The van der Waals surface area contributed by atoms with Crippen molar-refractivity contribution in [3.63, 3.8) is 0 Å². The summed E-state index contributed by atoms with van der Waals surface area (Å²) in [5.74, 6) is 0.649. The van der Waals surface area contributed by atoms with Crippen LogP contribution in [0.3, 0.4) is 0 Å². The molecule has 1 N–H and O–H groups in total. The SMILES string of the molecule is CCCN1CCC(NC(=O)c2nc(-c3ccco3)sc2C)CC1. The average molecular weight is 333 g/mol. The van der Waals surface area contributed by atoms with Gasteiger partial charge in [0.1, 0.15) is 5.69 Å². The van der Waals surface area contributed by atoms with Gasteiger partial charge in [0.15, 0.2) is 10.8 Å². The van der Waals surface area contributed by atoms with Gasteiger partial charge in [0, 0.05) is 24.0 Å². The van der Waals surface area contributed by atoms with E-state index in [9.17, 15) is 4.79 Å². The molecule has 0 saturated carbocycles. The van der Waals surface area contributed by atoms with Crippen molar-refractivity contribution in [3.05, 3.63) is 29.0 Å². The zero-order chi connectivity index (χ0) is 16.2. The highest BCUT2D eigenvalue weighted by Gasteiger charge is 2.23. The first-order valence-electron chi connectivity index (χ1n) is 8.22. The first-order chi connectivity index (χ1) is 11.2. The monoisotopic (exact) mass is 333 g/mol. The van der Waals surface area contributed by atoms with Crippen LogP contribution in [0.2, 0.25) is 0 Å². The molecule has 6 heteroatoms. The van der Waals surface area contributed by atoms with Crippen molar-refractivity contribution >= 4 is 17.2 Å². The summed E-state index contributed by atoms with van der Waals surface area (Å²) in [6, 6.07) is 3.95. The van der Waals surface area contributed by atoms with Crippen LogP contribution in [0, 0.1) is 6.92 Å². The van der Waals surface area contributed by atoms with Gasteiger partial charge in [0.05, 0.1) is 6.26 Å². The Kier molecular flexibility index (Phi) is 5.13. The van der Waals surface area contributed by atoms with E-state index in [1.165, 1.54) is 17.8 Å². The van der Waals surface area contributed by atoms with Gasteiger partial charge in [-0.2, -0.15) is 0 Å². The van der Waals surface area contributed by atoms with Crippen LogP contribution in [-0.4, -0.2) is 41.5 Å². The number of carbonyl (C=O) groups is 1. The normalized spacial score (nSPS) is 16.6. The van der Waals surface area contributed by atoms with Crippen LogP contribution in [0.1, 0.15) is 41.6 Å². The molecule has 1 aliphatic heterocycles. The lowest BCUT2D eigenvalue weighted by Crippen LogP contribution is -2.45. The molecule has 0 aromatic carbocycles. The lowest BCUT2D eigenvalue weighted by atomic mass is 10.0. The van der Waals surface area contributed by atoms with Crippen molar-refractivity contribution in [2.45, 2.75) is 39.2 Å². The van der Waals surface area contributed by atoms with Gasteiger partial charge in [-0.3, -0.25) is 4.79 Å². The Morgan fingerprint density at radius 2 is 2.26 bits per heavy atom. The predicted molar refractivity (Wildman–Crippen MR) is 91.8 cm³/mol. The van der Waals surface area contributed by atoms with Crippen molar-refractivity contribution in [3.8, 4) is 10.8 Å².